The monoisotopic (exact) mass is 303 g/mol. The summed E-state index contributed by atoms with van der Waals surface area (Å²) in [5.41, 5.74) is 0.971. The lowest BCUT2D eigenvalue weighted by Crippen LogP contribution is -2.49. The molecular formula is C17H25N3O2. The summed E-state index contributed by atoms with van der Waals surface area (Å²) in [6.07, 6.45) is 0.315. The first kappa shape index (κ1) is 16.5. The van der Waals surface area contributed by atoms with Gasteiger partial charge in [-0.3, -0.25) is 9.59 Å². The van der Waals surface area contributed by atoms with Crippen LogP contribution < -0.4 is 5.32 Å². The Labute approximate surface area is 132 Å². The normalized spacial score (nSPS) is 17.1. The van der Waals surface area contributed by atoms with Gasteiger partial charge in [0.2, 0.25) is 11.8 Å². The number of piperazine rings is 1. The van der Waals surface area contributed by atoms with Crippen LogP contribution in [0.5, 0.6) is 0 Å². The predicted octanol–water partition coefficient (Wildman–Crippen LogP) is 1.42. The van der Waals surface area contributed by atoms with Gasteiger partial charge in [-0.15, -0.1) is 0 Å². The third kappa shape index (κ3) is 4.56. The minimum Gasteiger partial charge on any atom is -0.349 e. The van der Waals surface area contributed by atoms with Crippen molar-refractivity contribution < 1.29 is 9.59 Å². The number of hydrogen-bond donors (Lipinski definition) is 1. The molecule has 5 nitrogen and oxygen atoms in total. The topological polar surface area (TPSA) is 52.6 Å². The maximum Gasteiger partial charge on any atom is 0.225 e. The maximum atomic E-state index is 12.5. The standard InChI is InChI=1S/C17H25N3O2/c1-3-19-9-11-20(12-10-19)17(22)13-16(18-14(2)21)15-7-5-4-6-8-15/h4-8,16H,3,9-13H2,1-2H3,(H,18,21). The highest BCUT2D eigenvalue weighted by Crippen LogP contribution is 2.18. The van der Waals surface area contributed by atoms with Crippen molar-refractivity contribution in [2.75, 3.05) is 32.7 Å². The summed E-state index contributed by atoms with van der Waals surface area (Å²) < 4.78 is 0. The first-order valence-electron chi connectivity index (χ1n) is 7.92. The van der Waals surface area contributed by atoms with Crippen molar-refractivity contribution in [2.24, 2.45) is 0 Å². The van der Waals surface area contributed by atoms with Gasteiger partial charge in [-0.05, 0) is 12.1 Å². The molecule has 1 aliphatic rings. The molecule has 0 bridgehead atoms. The molecule has 1 N–H and O–H groups in total. The van der Waals surface area contributed by atoms with Crippen LogP contribution in [0.3, 0.4) is 0 Å². The summed E-state index contributed by atoms with van der Waals surface area (Å²) in [7, 11) is 0. The average Bonchev–Trinajstić information content (AvgIpc) is 2.54. The van der Waals surface area contributed by atoms with Crippen molar-refractivity contribution in [3.8, 4) is 0 Å². The number of amides is 2. The van der Waals surface area contributed by atoms with E-state index in [1.165, 1.54) is 6.92 Å². The lowest BCUT2D eigenvalue weighted by molar-refractivity contribution is -0.133. The summed E-state index contributed by atoms with van der Waals surface area (Å²) >= 11 is 0. The Kier molecular flexibility index (Phi) is 5.95. The quantitative estimate of drug-likeness (QED) is 0.895. The number of carbonyl (C=O) groups is 2. The highest BCUT2D eigenvalue weighted by molar-refractivity contribution is 5.79. The minimum atomic E-state index is -0.254. The Morgan fingerprint density at radius 3 is 2.32 bits per heavy atom. The molecule has 120 valence electrons. The lowest BCUT2D eigenvalue weighted by Gasteiger charge is -2.34. The molecule has 1 saturated heterocycles. The second-order valence-electron chi connectivity index (χ2n) is 5.68. The second kappa shape index (κ2) is 7.94. The van der Waals surface area contributed by atoms with Crippen LogP contribution in [0.4, 0.5) is 0 Å². The van der Waals surface area contributed by atoms with Gasteiger partial charge in [0.15, 0.2) is 0 Å². The SMILES string of the molecule is CCN1CCN(C(=O)CC(NC(C)=O)c2ccccc2)CC1. The first-order chi connectivity index (χ1) is 10.6. The van der Waals surface area contributed by atoms with Gasteiger partial charge in [0.25, 0.3) is 0 Å². The number of likely N-dealkylation sites (N-methyl/N-ethyl adjacent to an activating group) is 1. The number of benzene rings is 1. The molecule has 0 aromatic heterocycles. The molecule has 2 rings (SSSR count). The highest BCUT2D eigenvalue weighted by atomic mass is 16.2. The van der Waals surface area contributed by atoms with Gasteiger partial charge in [0, 0.05) is 33.1 Å². The van der Waals surface area contributed by atoms with Gasteiger partial charge in [-0.2, -0.15) is 0 Å². The number of nitrogens with one attached hydrogen (secondary N) is 1. The number of nitrogens with zero attached hydrogens (tertiary/aromatic N) is 2. The van der Waals surface area contributed by atoms with Gasteiger partial charge >= 0.3 is 0 Å². The van der Waals surface area contributed by atoms with Crippen LogP contribution in [0, 0.1) is 0 Å². The molecule has 0 radical (unpaired) electrons. The van der Waals surface area contributed by atoms with E-state index in [1.807, 2.05) is 35.2 Å². The summed E-state index contributed by atoms with van der Waals surface area (Å²) in [6.45, 7) is 8.06. The van der Waals surface area contributed by atoms with E-state index in [9.17, 15) is 9.59 Å². The molecule has 0 aliphatic carbocycles. The van der Waals surface area contributed by atoms with Crippen molar-refractivity contribution in [3.05, 3.63) is 35.9 Å². The molecule has 0 saturated carbocycles. The molecule has 2 amide bonds. The van der Waals surface area contributed by atoms with Crippen molar-refractivity contribution in [2.45, 2.75) is 26.3 Å². The van der Waals surface area contributed by atoms with Crippen molar-refractivity contribution in [1.29, 1.82) is 0 Å². The summed E-state index contributed by atoms with van der Waals surface area (Å²) in [5.74, 6) is -0.00388. The van der Waals surface area contributed by atoms with Crippen molar-refractivity contribution in [1.82, 2.24) is 15.1 Å². The Morgan fingerprint density at radius 1 is 1.14 bits per heavy atom. The fourth-order valence-corrected chi connectivity index (χ4v) is 2.80. The van der Waals surface area contributed by atoms with Gasteiger partial charge in [0.1, 0.15) is 0 Å². The Bertz CT molecular complexity index is 496. The Hall–Kier alpha value is -1.88. The van der Waals surface area contributed by atoms with Crippen molar-refractivity contribution >= 4 is 11.8 Å². The molecule has 0 spiro atoms. The van der Waals surface area contributed by atoms with Crippen LogP contribution in [0.2, 0.25) is 0 Å². The number of hydrogen-bond acceptors (Lipinski definition) is 3. The third-order valence-corrected chi connectivity index (χ3v) is 4.13. The minimum absolute atomic E-state index is 0.110. The van der Waals surface area contributed by atoms with Gasteiger partial charge < -0.3 is 15.1 Å². The zero-order valence-corrected chi connectivity index (χ0v) is 13.4. The Morgan fingerprint density at radius 2 is 1.77 bits per heavy atom. The van der Waals surface area contributed by atoms with E-state index in [-0.39, 0.29) is 17.9 Å². The van der Waals surface area contributed by atoms with Crippen LogP contribution in [0.15, 0.2) is 30.3 Å². The predicted molar refractivity (Wildman–Crippen MR) is 86.3 cm³/mol. The zero-order valence-electron chi connectivity index (χ0n) is 13.4. The van der Waals surface area contributed by atoms with Gasteiger partial charge in [-0.25, -0.2) is 0 Å². The van der Waals surface area contributed by atoms with E-state index < -0.39 is 0 Å². The lowest BCUT2D eigenvalue weighted by atomic mass is 10.0. The van der Waals surface area contributed by atoms with E-state index in [2.05, 4.69) is 17.1 Å². The van der Waals surface area contributed by atoms with Crippen LogP contribution in [0.1, 0.15) is 31.9 Å². The average molecular weight is 303 g/mol. The fourth-order valence-electron chi connectivity index (χ4n) is 2.80. The van der Waals surface area contributed by atoms with Gasteiger partial charge in [-0.1, -0.05) is 37.3 Å². The first-order valence-corrected chi connectivity index (χ1v) is 7.92. The van der Waals surface area contributed by atoms with Crippen LogP contribution in [0.25, 0.3) is 0 Å². The van der Waals surface area contributed by atoms with E-state index in [4.69, 9.17) is 0 Å². The molecule has 1 atom stereocenters. The third-order valence-electron chi connectivity index (χ3n) is 4.13. The van der Waals surface area contributed by atoms with E-state index in [0.717, 1.165) is 38.3 Å². The van der Waals surface area contributed by atoms with Crippen molar-refractivity contribution in [3.63, 3.8) is 0 Å². The fraction of sp³-hybridized carbons (Fsp3) is 0.529. The maximum absolute atomic E-state index is 12.5. The van der Waals surface area contributed by atoms with Gasteiger partial charge in [0.05, 0.1) is 12.5 Å². The van der Waals surface area contributed by atoms with E-state index in [1.54, 1.807) is 0 Å². The molecule has 1 heterocycles. The number of carbonyl (C=O) groups excluding carboxylic acids is 2. The summed E-state index contributed by atoms with van der Waals surface area (Å²) in [6, 6.07) is 9.42. The summed E-state index contributed by atoms with van der Waals surface area (Å²) in [4.78, 5) is 28.2. The Balaban J connectivity index is 1.98. The molecule has 1 aromatic rings. The van der Waals surface area contributed by atoms with E-state index >= 15 is 0 Å². The molecule has 1 aliphatic heterocycles. The molecule has 22 heavy (non-hydrogen) atoms. The second-order valence-corrected chi connectivity index (χ2v) is 5.68. The highest BCUT2D eigenvalue weighted by Gasteiger charge is 2.24. The smallest absolute Gasteiger partial charge is 0.225 e. The zero-order chi connectivity index (χ0) is 15.9. The van der Waals surface area contributed by atoms with Crippen LogP contribution in [-0.2, 0) is 9.59 Å². The number of rotatable bonds is 5. The van der Waals surface area contributed by atoms with Crippen LogP contribution >= 0.6 is 0 Å². The van der Waals surface area contributed by atoms with E-state index in [0.29, 0.717) is 6.42 Å². The molecule has 1 aromatic carbocycles. The molecular weight excluding hydrogens is 278 g/mol. The largest absolute Gasteiger partial charge is 0.349 e. The summed E-state index contributed by atoms with van der Waals surface area (Å²) in [5, 5.41) is 2.89. The molecule has 5 heteroatoms. The molecule has 1 fully saturated rings. The van der Waals surface area contributed by atoms with Crippen LogP contribution in [-0.4, -0.2) is 54.3 Å². The molecule has 1 unspecified atom stereocenters.